The summed E-state index contributed by atoms with van der Waals surface area (Å²) >= 11 is 0. The van der Waals surface area contributed by atoms with Crippen molar-refractivity contribution in [2.24, 2.45) is 5.73 Å². The van der Waals surface area contributed by atoms with Crippen LogP contribution in [0.1, 0.15) is 96.8 Å². The van der Waals surface area contributed by atoms with Crippen molar-refractivity contribution in [1.29, 1.82) is 0 Å². The van der Waals surface area contributed by atoms with E-state index in [1.807, 2.05) is 0 Å². The molecule has 26 heavy (non-hydrogen) atoms. The Labute approximate surface area is 160 Å². The van der Waals surface area contributed by atoms with E-state index < -0.39 is 12.0 Å². The number of ether oxygens (including phenoxy) is 1. The summed E-state index contributed by atoms with van der Waals surface area (Å²) in [7, 11) is 0. The molecule has 0 heterocycles. The molecule has 152 valence electrons. The highest BCUT2D eigenvalue weighted by Gasteiger charge is 2.02. The first kappa shape index (κ1) is 24.5. The second kappa shape index (κ2) is 19.8. The number of unbranched alkanes of at least 4 members (excludes halogenated alkanes) is 12. The summed E-state index contributed by atoms with van der Waals surface area (Å²) in [4.78, 5) is 21.6. The van der Waals surface area contributed by atoms with Crippen molar-refractivity contribution in [1.82, 2.24) is 5.32 Å². The Morgan fingerprint density at radius 1 is 0.808 bits per heavy atom. The minimum Gasteiger partial charge on any atom is -0.439 e. The fraction of sp³-hybridized carbons (Fsp3) is 0.810. The lowest BCUT2D eigenvalue weighted by Gasteiger charge is -2.04. The van der Waals surface area contributed by atoms with Crippen LogP contribution in [0.15, 0.2) is 12.2 Å². The molecular formula is C21H40N2O3. The number of carbonyl (C=O) groups is 2. The van der Waals surface area contributed by atoms with Crippen molar-refractivity contribution in [2.75, 3.05) is 13.2 Å². The molecule has 0 saturated carbocycles. The lowest BCUT2D eigenvalue weighted by Crippen LogP contribution is -2.29. The van der Waals surface area contributed by atoms with Crippen LogP contribution >= 0.6 is 0 Å². The Kier molecular flexibility index (Phi) is 18.6. The second-order valence-electron chi connectivity index (χ2n) is 6.91. The van der Waals surface area contributed by atoms with Gasteiger partial charge in [0.05, 0.1) is 0 Å². The summed E-state index contributed by atoms with van der Waals surface area (Å²) in [6.45, 7) is 2.47. The molecule has 0 aliphatic carbocycles. The summed E-state index contributed by atoms with van der Waals surface area (Å²) in [5, 5.41) is 2.60. The number of nitrogens with one attached hydrogen (secondary N) is 1. The molecule has 0 unspecified atom stereocenters. The van der Waals surface area contributed by atoms with Crippen LogP contribution in [-0.4, -0.2) is 25.2 Å². The Morgan fingerprint density at radius 2 is 1.31 bits per heavy atom. The van der Waals surface area contributed by atoms with Gasteiger partial charge in [-0.2, -0.15) is 0 Å². The van der Waals surface area contributed by atoms with Gasteiger partial charge in [-0.05, 0) is 32.1 Å². The maximum Gasteiger partial charge on any atom is 0.407 e. The molecule has 0 spiro atoms. The number of primary amides is 1. The van der Waals surface area contributed by atoms with E-state index >= 15 is 0 Å². The van der Waals surface area contributed by atoms with Crippen LogP contribution < -0.4 is 11.1 Å². The van der Waals surface area contributed by atoms with Crippen LogP contribution in [0.5, 0.6) is 0 Å². The molecule has 5 nitrogen and oxygen atoms in total. The zero-order chi connectivity index (χ0) is 19.3. The molecular weight excluding hydrogens is 328 g/mol. The number of hydrogen-bond donors (Lipinski definition) is 2. The molecule has 0 radical (unpaired) electrons. The maximum atomic E-state index is 11.2. The van der Waals surface area contributed by atoms with Gasteiger partial charge in [0.2, 0.25) is 0 Å². The van der Waals surface area contributed by atoms with E-state index in [9.17, 15) is 9.59 Å². The van der Waals surface area contributed by atoms with Crippen molar-refractivity contribution < 1.29 is 14.3 Å². The molecule has 5 heteroatoms. The third kappa shape index (κ3) is 20.5. The third-order valence-corrected chi connectivity index (χ3v) is 4.30. The number of nitrogens with two attached hydrogens (primary N) is 1. The SMILES string of the molecule is CCCCCCCCCCCC=CCCCCCNC(=O)OCC(N)=O. The van der Waals surface area contributed by atoms with E-state index in [0.29, 0.717) is 6.54 Å². The zero-order valence-corrected chi connectivity index (χ0v) is 16.8. The normalized spacial score (nSPS) is 11.0. The summed E-state index contributed by atoms with van der Waals surface area (Å²) in [5.74, 6) is -0.644. The number of amides is 2. The number of hydrogen-bond acceptors (Lipinski definition) is 3. The van der Waals surface area contributed by atoms with Crippen LogP contribution in [-0.2, 0) is 9.53 Å². The predicted molar refractivity (Wildman–Crippen MR) is 108 cm³/mol. The van der Waals surface area contributed by atoms with E-state index in [0.717, 1.165) is 25.7 Å². The van der Waals surface area contributed by atoms with Gasteiger partial charge in [-0.3, -0.25) is 4.79 Å². The fourth-order valence-corrected chi connectivity index (χ4v) is 2.75. The van der Waals surface area contributed by atoms with Crippen molar-refractivity contribution in [3.63, 3.8) is 0 Å². The summed E-state index contributed by atoms with van der Waals surface area (Å²) < 4.78 is 4.60. The van der Waals surface area contributed by atoms with Gasteiger partial charge in [0.25, 0.3) is 5.91 Å². The van der Waals surface area contributed by atoms with Crippen molar-refractivity contribution >= 4 is 12.0 Å². The van der Waals surface area contributed by atoms with Gasteiger partial charge in [-0.1, -0.05) is 76.9 Å². The van der Waals surface area contributed by atoms with Crippen LogP contribution in [0, 0.1) is 0 Å². The van der Waals surface area contributed by atoms with E-state index in [4.69, 9.17) is 5.73 Å². The first-order chi connectivity index (χ1) is 12.7. The topological polar surface area (TPSA) is 81.4 Å². The number of allylic oxidation sites excluding steroid dienone is 2. The zero-order valence-electron chi connectivity index (χ0n) is 16.8. The smallest absolute Gasteiger partial charge is 0.407 e. The second-order valence-corrected chi connectivity index (χ2v) is 6.91. The van der Waals surface area contributed by atoms with Gasteiger partial charge < -0.3 is 15.8 Å². The Bertz CT molecular complexity index is 370. The fourth-order valence-electron chi connectivity index (χ4n) is 2.75. The highest BCUT2D eigenvalue weighted by molar-refractivity contribution is 5.78. The number of carbonyl (C=O) groups excluding carboxylic acids is 2. The van der Waals surface area contributed by atoms with Gasteiger partial charge in [-0.15, -0.1) is 0 Å². The molecule has 0 bridgehead atoms. The summed E-state index contributed by atoms with van der Waals surface area (Å²) in [5.41, 5.74) is 4.89. The van der Waals surface area contributed by atoms with Crippen LogP contribution in [0.25, 0.3) is 0 Å². The quantitative estimate of drug-likeness (QED) is 0.256. The maximum absolute atomic E-state index is 11.2. The number of rotatable bonds is 18. The van der Waals surface area contributed by atoms with Gasteiger partial charge in [0.15, 0.2) is 6.61 Å². The molecule has 2 amide bonds. The highest BCUT2D eigenvalue weighted by atomic mass is 16.6. The average Bonchev–Trinajstić information content (AvgIpc) is 2.62. The Hall–Kier alpha value is -1.52. The first-order valence-electron chi connectivity index (χ1n) is 10.5. The van der Waals surface area contributed by atoms with Gasteiger partial charge >= 0.3 is 6.09 Å². The molecule has 0 fully saturated rings. The van der Waals surface area contributed by atoms with Crippen molar-refractivity contribution in [2.45, 2.75) is 96.8 Å². The van der Waals surface area contributed by atoms with E-state index in [-0.39, 0.29) is 6.61 Å². The Morgan fingerprint density at radius 3 is 1.85 bits per heavy atom. The monoisotopic (exact) mass is 368 g/mol. The van der Waals surface area contributed by atoms with Crippen LogP contribution in [0.4, 0.5) is 4.79 Å². The molecule has 0 aromatic carbocycles. The molecule has 3 N–H and O–H groups in total. The van der Waals surface area contributed by atoms with Crippen molar-refractivity contribution in [3.05, 3.63) is 12.2 Å². The number of alkyl carbamates (subject to hydrolysis) is 1. The largest absolute Gasteiger partial charge is 0.439 e. The predicted octanol–water partition coefficient (Wildman–Crippen LogP) is 5.24. The lowest BCUT2D eigenvalue weighted by molar-refractivity contribution is -0.120. The van der Waals surface area contributed by atoms with E-state index in [1.54, 1.807) is 0 Å². The molecule has 0 aromatic heterocycles. The van der Waals surface area contributed by atoms with E-state index in [2.05, 4.69) is 29.1 Å². The molecule has 0 aliphatic heterocycles. The molecule has 0 aliphatic rings. The van der Waals surface area contributed by atoms with Crippen LogP contribution in [0.3, 0.4) is 0 Å². The summed E-state index contributed by atoms with van der Waals surface area (Å²) in [6.07, 6.45) is 21.8. The molecule has 0 aromatic rings. The van der Waals surface area contributed by atoms with E-state index in [1.165, 1.54) is 64.2 Å². The highest BCUT2D eigenvalue weighted by Crippen LogP contribution is 2.11. The minimum absolute atomic E-state index is 0.365. The Balaban J connectivity index is 3.19. The average molecular weight is 369 g/mol. The van der Waals surface area contributed by atoms with Gasteiger partial charge in [0, 0.05) is 6.54 Å². The lowest BCUT2D eigenvalue weighted by atomic mass is 10.1. The molecule has 0 atom stereocenters. The van der Waals surface area contributed by atoms with Gasteiger partial charge in [-0.25, -0.2) is 4.79 Å². The first-order valence-corrected chi connectivity index (χ1v) is 10.5. The summed E-state index contributed by atoms with van der Waals surface area (Å²) in [6, 6.07) is 0. The third-order valence-electron chi connectivity index (χ3n) is 4.30. The molecule has 0 rings (SSSR count). The minimum atomic E-state index is -0.644. The standard InChI is InChI=1S/C21H40N2O3/c1-2-3-4-5-6-7-8-9-10-11-12-13-14-15-16-17-18-23-21(25)26-19-20(22)24/h12-13H,2-11,14-19H2,1H3,(H2,22,24)(H,23,25). The van der Waals surface area contributed by atoms with Gasteiger partial charge in [0.1, 0.15) is 0 Å². The van der Waals surface area contributed by atoms with Crippen LogP contribution in [0.2, 0.25) is 0 Å². The molecule has 0 saturated heterocycles. The van der Waals surface area contributed by atoms with Crippen molar-refractivity contribution in [3.8, 4) is 0 Å².